The number of nitrogens with one attached hydrogen (secondary N) is 1. The van der Waals surface area contributed by atoms with Gasteiger partial charge in [-0.25, -0.2) is 18.2 Å². The summed E-state index contributed by atoms with van der Waals surface area (Å²) < 4.78 is 29.7. The van der Waals surface area contributed by atoms with Gasteiger partial charge in [-0.15, -0.1) is 0 Å². The second-order valence-electron chi connectivity index (χ2n) is 9.20. The van der Waals surface area contributed by atoms with E-state index in [1.807, 2.05) is 41.8 Å². The molecular formula is C25H29N5O4S. The van der Waals surface area contributed by atoms with E-state index in [1.54, 1.807) is 25.1 Å². The lowest BCUT2D eigenvalue weighted by molar-refractivity contribution is -0.131. The molecule has 1 aromatic heterocycles. The van der Waals surface area contributed by atoms with Crippen molar-refractivity contribution < 1.29 is 18.0 Å². The van der Waals surface area contributed by atoms with Gasteiger partial charge < -0.3 is 9.88 Å². The highest BCUT2D eigenvalue weighted by atomic mass is 32.2. The van der Waals surface area contributed by atoms with Crippen molar-refractivity contribution in [2.45, 2.75) is 56.6 Å². The predicted octanol–water partition coefficient (Wildman–Crippen LogP) is 3.20. The number of hydrogen-bond donors (Lipinski definition) is 1. The normalized spacial score (nSPS) is 21.6. The molecule has 2 saturated heterocycles. The molecule has 3 aromatic rings. The first-order chi connectivity index (χ1) is 16.8. The number of sulfonamides is 1. The van der Waals surface area contributed by atoms with Crippen molar-refractivity contribution in [1.82, 2.24) is 24.1 Å². The number of nitrogens with zero attached hydrogens (tertiary/aromatic N) is 4. The van der Waals surface area contributed by atoms with Crippen LogP contribution in [0.4, 0.5) is 4.79 Å². The van der Waals surface area contributed by atoms with E-state index in [-0.39, 0.29) is 17.3 Å². The maximum absolute atomic E-state index is 13.3. The highest BCUT2D eigenvalue weighted by Crippen LogP contribution is 2.31. The predicted molar refractivity (Wildman–Crippen MR) is 131 cm³/mol. The van der Waals surface area contributed by atoms with Gasteiger partial charge in [-0.3, -0.25) is 9.69 Å². The number of hydrogen-bond acceptors (Lipinski definition) is 5. The molecule has 2 aliphatic rings. The average Bonchev–Trinajstić information content (AvgIpc) is 3.34. The zero-order valence-corrected chi connectivity index (χ0v) is 20.7. The number of carbonyl (C=O) groups excluding carboxylic acids is 2. The van der Waals surface area contributed by atoms with Crippen LogP contribution in [0.25, 0.3) is 11.0 Å². The number of carbonyl (C=O) groups is 2. The van der Waals surface area contributed by atoms with Gasteiger partial charge in [0.15, 0.2) is 0 Å². The zero-order valence-electron chi connectivity index (χ0n) is 19.9. The van der Waals surface area contributed by atoms with Crippen LogP contribution in [0.5, 0.6) is 0 Å². The van der Waals surface area contributed by atoms with Crippen LogP contribution in [0.15, 0.2) is 53.4 Å². The number of rotatable bonds is 6. The van der Waals surface area contributed by atoms with Crippen LogP contribution in [0.3, 0.4) is 0 Å². The first-order valence-corrected chi connectivity index (χ1v) is 13.4. The molecule has 0 spiro atoms. The molecule has 0 saturated carbocycles. The summed E-state index contributed by atoms with van der Waals surface area (Å²) in [6.07, 6.45) is 2.77. The van der Waals surface area contributed by atoms with E-state index < -0.39 is 21.6 Å². The molecule has 2 aliphatic heterocycles. The molecule has 1 N–H and O–H groups in total. The van der Waals surface area contributed by atoms with Crippen LogP contribution in [0.2, 0.25) is 0 Å². The lowest BCUT2D eigenvalue weighted by Gasteiger charge is -2.25. The molecular weight excluding hydrogens is 466 g/mol. The summed E-state index contributed by atoms with van der Waals surface area (Å²) in [6.45, 7) is 5.25. The van der Waals surface area contributed by atoms with Crippen molar-refractivity contribution in [2.24, 2.45) is 0 Å². The number of amides is 3. The third kappa shape index (κ3) is 3.90. The van der Waals surface area contributed by atoms with Crippen molar-refractivity contribution in [2.75, 3.05) is 13.1 Å². The Morgan fingerprint density at radius 1 is 1.03 bits per heavy atom. The molecule has 1 unspecified atom stereocenters. The van der Waals surface area contributed by atoms with E-state index in [2.05, 4.69) is 10.3 Å². The number of aryl methyl sites for hydroxylation is 1. The minimum absolute atomic E-state index is 0.0101. The van der Waals surface area contributed by atoms with Crippen LogP contribution in [-0.2, 0) is 33.4 Å². The fourth-order valence-electron chi connectivity index (χ4n) is 5.00. The molecule has 1 atom stereocenters. The lowest BCUT2D eigenvalue weighted by atomic mass is 9.92. The van der Waals surface area contributed by atoms with Crippen LogP contribution >= 0.6 is 0 Å². The van der Waals surface area contributed by atoms with Crippen LogP contribution in [-0.4, -0.2) is 52.2 Å². The molecule has 35 heavy (non-hydrogen) atoms. The van der Waals surface area contributed by atoms with Gasteiger partial charge in [0.1, 0.15) is 11.4 Å². The number of benzene rings is 2. The molecule has 0 aliphatic carbocycles. The van der Waals surface area contributed by atoms with E-state index in [4.69, 9.17) is 0 Å². The van der Waals surface area contributed by atoms with Gasteiger partial charge in [0.25, 0.3) is 5.91 Å². The first kappa shape index (κ1) is 23.5. The van der Waals surface area contributed by atoms with E-state index in [9.17, 15) is 18.0 Å². The Labute approximate surface area is 204 Å². The lowest BCUT2D eigenvalue weighted by Crippen LogP contribution is -2.40. The largest absolute Gasteiger partial charge is 0.327 e. The van der Waals surface area contributed by atoms with E-state index >= 15 is 0 Å². The van der Waals surface area contributed by atoms with E-state index in [1.165, 1.54) is 9.21 Å². The van der Waals surface area contributed by atoms with Crippen molar-refractivity contribution in [3.05, 3.63) is 59.9 Å². The van der Waals surface area contributed by atoms with Crippen LogP contribution < -0.4 is 5.32 Å². The van der Waals surface area contributed by atoms with E-state index in [0.717, 1.165) is 24.8 Å². The van der Waals surface area contributed by atoms with E-state index in [0.29, 0.717) is 36.5 Å². The van der Waals surface area contributed by atoms with Crippen molar-refractivity contribution in [3.8, 4) is 0 Å². The molecule has 3 amide bonds. The monoisotopic (exact) mass is 495 g/mol. The second kappa shape index (κ2) is 8.76. The Kier molecular flexibility index (Phi) is 5.88. The Morgan fingerprint density at radius 3 is 2.43 bits per heavy atom. The Morgan fingerprint density at radius 2 is 1.74 bits per heavy atom. The molecule has 0 radical (unpaired) electrons. The zero-order chi connectivity index (χ0) is 24.8. The summed E-state index contributed by atoms with van der Waals surface area (Å²) >= 11 is 0. The quantitative estimate of drug-likeness (QED) is 0.529. The molecule has 0 bridgehead atoms. The smallest absolute Gasteiger partial charge is 0.325 e. The molecule has 5 rings (SSSR count). The number of imidazole rings is 1. The fourth-order valence-corrected chi connectivity index (χ4v) is 6.53. The van der Waals surface area contributed by atoms with Crippen molar-refractivity contribution in [3.63, 3.8) is 0 Å². The third-order valence-electron chi connectivity index (χ3n) is 6.99. The number of fused-ring (bicyclic) bond motifs is 1. The Hall–Kier alpha value is -3.24. The SMILES string of the molecule is CCn1c(CN2C(=O)NC(C)(c3ccccc3)C2=O)nc2cc(S(=O)(=O)N3CCCCC3)ccc21. The third-order valence-corrected chi connectivity index (χ3v) is 8.89. The van der Waals surface area contributed by atoms with Crippen LogP contribution in [0.1, 0.15) is 44.5 Å². The average molecular weight is 496 g/mol. The van der Waals surface area contributed by atoms with Gasteiger partial charge in [-0.1, -0.05) is 36.8 Å². The molecule has 10 heteroatoms. The molecule has 184 valence electrons. The Bertz CT molecular complexity index is 1400. The fraction of sp³-hybridized carbons (Fsp3) is 0.400. The maximum Gasteiger partial charge on any atom is 0.325 e. The topological polar surface area (TPSA) is 105 Å². The maximum atomic E-state index is 13.3. The summed E-state index contributed by atoms with van der Waals surface area (Å²) in [4.78, 5) is 32.2. The Balaban J connectivity index is 1.47. The highest BCUT2D eigenvalue weighted by molar-refractivity contribution is 7.89. The summed E-state index contributed by atoms with van der Waals surface area (Å²) in [6, 6.07) is 13.6. The molecule has 9 nitrogen and oxygen atoms in total. The summed E-state index contributed by atoms with van der Waals surface area (Å²) in [5.41, 5.74) is 0.838. The minimum atomic E-state index is -3.59. The van der Waals surface area contributed by atoms with Crippen LogP contribution in [0, 0.1) is 0 Å². The van der Waals surface area contributed by atoms with Gasteiger partial charge in [-0.05, 0) is 50.5 Å². The second-order valence-corrected chi connectivity index (χ2v) is 11.1. The van der Waals surface area contributed by atoms with Gasteiger partial charge in [0.05, 0.1) is 22.5 Å². The van der Waals surface area contributed by atoms with Crippen molar-refractivity contribution >= 4 is 33.0 Å². The van der Waals surface area contributed by atoms with Gasteiger partial charge in [0, 0.05) is 19.6 Å². The van der Waals surface area contributed by atoms with Crippen molar-refractivity contribution in [1.29, 1.82) is 0 Å². The standard InChI is InChI=1S/C25H29N5O4S/c1-3-29-21-13-12-19(35(33,34)28-14-8-5-9-15-28)16-20(21)26-22(29)17-30-23(31)25(2,27-24(30)32)18-10-6-4-7-11-18/h4,6-7,10-13,16H,3,5,8-9,14-15,17H2,1-2H3,(H,27,32). The summed E-state index contributed by atoms with van der Waals surface area (Å²) in [5, 5.41) is 2.82. The number of piperidine rings is 1. The highest BCUT2D eigenvalue weighted by Gasteiger charge is 2.49. The number of urea groups is 1. The van der Waals surface area contributed by atoms with Gasteiger partial charge >= 0.3 is 6.03 Å². The number of imide groups is 1. The number of aromatic nitrogens is 2. The molecule has 2 aromatic carbocycles. The summed E-state index contributed by atoms with van der Waals surface area (Å²) in [7, 11) is -3.59. The first-order valence-electron chi connectivity index (χ1n) is 11.9. The summed E-state index contributed by atoms with van der Waals surface area (Å²) in [5.74, 6) is 0.174. The minimum Gasteiger partial charge on any atom is -0.327 e. The molecule has 3 heterocycles. The molecule has 2 fully saturated rings. The van der Waals surface area contributed by atoms with Gasteiger partial charge in [0.2, 0.25) is 10.0 Å². The van der Waals surface area contributed by atoms with Gasteiger partial charge in [-0.2, -0.15) is 4.31 Å².